The maximum atomic E-state index is 5.68. The number of rotatable bonds is 3. The van der Waals surface area contributed by atoms with Gasteiger partial charge < -0.3 is 5.84 Å². The summed E-state index contributed by atoms with van der Waals surface area (Å²) in [4.78, 5) is 0. The van der Waals surface area contributed by atoms with Crippen LogP contribution >= 0.6 is 34.2 Å². The molecule has 0 heterocycles. The van der Waals surface area contributed by atoms with E-state index in [0.717, 1.165) is 15.7 Å². The molecule has 0 aromatic rings. The largest absolute Gasteiger partial charge is 0.322 e. The number of allylic oxidation sites excluding steroid dienone is 3. The molecule has 0 spiro atoms. The Kier molecular flexibility index (Phi) is 5.58. The number of nitrogens with zero attached hydrogens (tertiary/aromatic N) is 1. The number of hydrogen-bond acceptors (Lipinski definition) is 2. The smallest absolute Gasteiger partial charge is 0.121 e. The monoisotopic (exact) mass is 284 g/mol. The molecule has 2 N–H and O–H groups in total. The fourth-order valence-corrected chi connectivity index (χ4v) is 1.12. The highest BCUT2D eigenvalue weighted by atomic mass is 127. The molecule has 0 saturated heterocycles. The summed E-state index contributed by atoms with van der Waals surface area (Å²) in [5.74, 6) is 5.04. The average Bonchev–Trinajstić information content (AvgIpc) is 1.99. The van der Waals surface area contributed by atoms with Gasteiger partial charge in [-0.3, -0.25) is 0 Å². The Morgan fingerprint density at radius 3 is 2.64 bits per heavy atom. The summed E-state index contributed by atoms with van der Waals surface area (Å²) >= 11 is 7.71. The molecule has 0 radical (unpaired) electrons. The van der Waals surface area contributed by atoms with E-state index in [2.05, 4.69) is 11.7 Å². The van der Waals surface area contributed by atoms with Crippen LogP contribution in [-0.4, -0.2) is 3.72 Å². The topological polar surface area (TPSA) is 38.4 Å². The van der Waals surface area contributed by atoms with Crippen molar-refractivity contribution < 1.29 is 0 Å². The fraction of sp³-hybridized carbons (Fsp3) is 0.286. The number of nitrogens with two attached hydrogens (primary N) is 1. The van der Waals surface area contributed by atoms with Crippen LogP contribution in [0.15, 0.2) is 28.4 Å². The third kappa shape index (κ3) is 4.42. The highest BCUT2D eigenvalue weighted by Crippen LogP contribution is 2.16. The van der Waals surface area contributed by atoms with Gasteiger partial charge in [-0.25, -0.2) is 0 Å². The quantitative estimate of drug-likeness (QED) is 0.279. The van der Waals surface area contributed by atoms with Crippen LogP contribution in [0.1, 0.15) is 13.3 Å². The fourth-order valence-electron chi connectivity index (χ4n) is 0.553. The lowest BCUT2D eigenvalue weighted by Crippen LogP contribution is -1.90. The Labute approximate surface area is 85.3 Å². The SMILES string of the molecule is C=C(Cl)/C(=C\C(I)=N/N)CC. The molecule has 0 saturated carbocycles. The van der Waals surface area contributed by atoms with Crippen LogP contribution in [0.4, 0.5) is 0 Å². The van der Waals surface area contributed by atoms with Gasteiger partial charge in [-0.05, 0) is 40.7 Å². The van der Waals surface area contributed by atoms with Crippen molar-refractivity contribution in [3.05, 3.63) is 23.3 Å². The molecule has 0 aromatic heterocycles. The molecule has 0 aromatic carbocycles. The predicted octanol–water partition coefficient (Wildman–Crippen LogP) is 2.78. The zero-order chi connectivity index (χ0) is 8.85. The van der Waals surface area contributed by atoms with E-state index in [4.69, 9.17) is 17.4 Å². The van der Waals surface area contributed by atoms with Crippen LogP contribution in [0.25, 0.3) is 0 Å². The van der Waals surface area contributed by atoms with Gasteiger partial charge in [-0.1, -0.05) is 25.1 Å². The van der Waals surface area contributed by atoms with Crippen LogP contribution in [-0.2, 0) is 0 Å². The van der Waals surface area contributed by atoms with Gasteiger partial charge >= 0.3 is 0 Å². The van der Waals surface area contributed by atoms with Crippen molar-refractivity contribution in [1.29, 1.82) is 0 Å². The van der Waals surface area contributed by atoms with Crippen molar-refractivity contribution in [3.8, 4) is 0 Å². The Balaban J connectivity index is 4.49. The van der Waals surface area contributed by atoms with Gasteiger partial charge in [0.05, 0.1) is 0 Å². The van der Waals surface area contributed by atoms with Gasteiger partial charge in [0.2, 0.25) is 0 Å². The first kappa shape index (κ1) is 11.0. The Morgan fingerprint density at radius 1 is 1.82 bits per heavy atom. The van der Waals surface area contributed by atoms with Gasteiger partial charge in [0.25, 0.3) is 0 Å². The minimum absolute atomic E-state index is 0.547. The van der Waals surface area contributed by atoms with Crippen LogP contribution < -0.4 is 5.84 Å². The van der Waals surface area contributed by atoms with E-state index < -0.39 is 0 Å². The lowest BCUT2D eigenvalue weighted by Gasteiger charge is -1.98. The lowest BCUT2D eigenvalue weighted by molar-refractivity contribution is 1.14. The van der Waals surface area contributed by atoms with Gasteiger partial charge in [0.1, 0.15) is 3.72 Å². The highest BCUT2D eigenvalue weighted by molar-refractivity contribution is 14.1. The van der Waals surface area contributed by atoms with Crippen molar-refractivity contribution in [1.82, 2.24) is 0 Å². The van der Waals surface area contributed by atoms with Crippen molar-refractivity contribution in [2.24, 2.45) is 10.9 Å². The molecule has 0 aliphatic rings. The zero-order valence-corrected chi connectivity index (χ0v) is 9.19. The normalized spacial score (nSPS) is 13.4. The summed E-state index contributed by atoms with van der Waals surface area (Å²) in [6, 6.07) is 0. The molecule has 0 amide bonds. The van der Waals surface area contributed by atoms with Crippen molar-refractivity contribution in [2.75, 3.05) is 0 Å². The molecule has 62 valence electrons. The van der Waals surface area contributed by atoms with Gasteiger partial charge in [-0.2, -0.15) is 5.10 Å². The number of hydrazone groups is 1. The summed E-state index contributed by atoms with van der Waals surface area (Å²) in [5.41, 5.74) is 0.963. The number of halogens is 2. The first-order chi connectivity index (χ1) is 5.11. The first-order valence-corrected chi connectivity index (χ1v) is 4.56. The molecule has 0 aliphatic heterocycles. The third-order valence-electron chi connectivity index (χ3n) is 1.15. The van der Waals surface area contributed by atoms with Gasteiger partial charge in [0, 0.05) is 5.03 Å². The molecule has 0 aliphatic carbocycles. The lowest BCUT2D eigenvalue weighted by atomic mass is 10.2. The molecular weight excluding hydrogens is 274 g/mol. The molecule has 0 bridgehead atoms. The van der Waals surface area contributed by atoms with Crippen molar-refractivity contribution in [2.45, 2.75) is 13.3 Å². The molecule has 0 atom stereocenters. The summed E-state index contributed by atoms with van der Waals surface area (Å²) in [7, 11) is 0. The highest BCUT2D eigenvalue weighted by Gasteiger charge is 1.97. The second kappa shape index (κ2) is 5.60. The van der Waals surface area contributed by atoms with Crippen LogP contribution in [0.3, 0.4) is 0 Å². The van der Waals surface area contributed by atoms with Gasteiger partial charge in [0.15, 0.2) is 0 Å². The second-order valence-electron chi connectivity index (χ2n) is 1.88. The van der Waals surface area contributed by atoms with E-state index in [1.807, 2.05) is 35.6 Å². The first-order valence-electron chi connectivity index (χ1n) is 3.10. The maximum absolute atomic E-state index is 5.68. The minimum atomic E-state index is 0.547. The second-order valence-corrected chi connectivity index (χ2v) is 3.44. The van der Waals surface area contributed by atoms with E-state index in [0.29, 0.717) is 5.03 Å². The Hall–Kier alpha value is -0.0300. The predicted molar refractivity (Wildman–Crippen MR) is 59.0 cm³/mol. The molecule has 0 rings (SSSR count). The minimum Gasteiger partial charge on any atom is -0.322 e. The summed E-state index contributed by atoms with van der Waals surface area (Å²) < 4.78 is 0.723. The average molecular weight is 285 g/mol. The molecule has 2 nitrogen and oxygen atoms in total. The van der Waals surface area contributed by atoms with Crippen LogP contribution in [0.5, 0.6) is 0 Å². The Morgan fingerprint density at radius 2 is 2.36 bits per heavy atom. The van der Waals surface area contributed by atoms with E-state index in [1.165, 1.54) is 0 Å². The summed E-state index contributed by atoms with van der Waals surface area (Å²) in [6.07, 6.45) is 2.65. The molecule has 0 fully saturated rings. The maximum Gasteiger partial charge on any atom is 0.121 e. The van der Waals surface area contributed by atoms with Crippen LogP contribution in [0, 0.1) is 0 Å². The Bertz CT molecular complexity index is 208. The molecule has 4 heteroatoms. The van der Waals surface area contributed by atoms with Crippen molar-refractivity contribution >= 4 is 37.9 Å². The van der Waals surface area contributed by atoms with Gasteiger partial charge in [-0.15, -0.1) is 0 Å². The number of hydrogen-bond donors (Lipinski definition) is 1. The summed E-state index contributed by atoms with van der Waals surface area (Å²) in [6.45, 7) is 5.61. The molecule has 0 unspecified atom stereocenters. The van der Waals surface area contributed by atoms with E-state index in [9.17, 15) is 0 Å². The zero-order valence-electron chi connectivity index (χ0n) is 6.27. The van der Waals surface area contributed by atoms with E-state index in [1.54, 1.807) is 0 Å². The third-order valence-corrected chi connectivity index (χ3v) is 1.98. The summed E-state index contributed by atoms with van der Waals surface area (Å²) in [5, 5.41) is 4.03. The van der Waals surface area contributed by atoms with E-state index in [-0.39, 0.29) is 0 Å². The van der Waals surface area contributed by atoms with Crippen LogP contribution in [0.2, 0.25) is 0 Å². The van der Waals surface area contributed by atoms with E-state index >= 15 is 0 Å². The standard InChI is InChI=1S/C7H10ClIN2/c1-3-6(5(2)8)4-7(9)11-10/h4H,2-3,10H2,1H3/b6-4-,11-7+. The van der Waals surface area contributed by atoms with Crippen molar-refractivity contribution in [3.63, 3.8) is 0 Å². The molecular formula is C7H10ClIN2. The molecule has 11 heavy (non-hydrogen) atoms.